The molecule has 1 atom stereocenters. The quantitative estimate of drug-likeness (QED) is 0.670. The molecule has 17 heavy (non-hydrogen) atoms. The van der Waals surface area contributed by atoms with E-state index in [0.717, 1.165) is 10.2 Å². The number of nitrogens with two attached hydrogens (primary N) is 1. The maximum absolute atomic E-state index is 13.6. The molecule has 0 aliphatic rings. The molecule has 0 fully saturated rings. The average Bonchev–Trinajstić information content (AvgIpc) is 2.84. The van der Waals surface area contributed by atoms with Gasteiger partial charge in [-0.2, -0.15) is 0 Å². The molecule has 0 saturated heterocycles. The average molecular weight is 317 g/mol. The van der Waals surface area contributed by atoms with Crippen molar-refractivity contribution in [1.29, 1.82) is 0 Å². The van der Waals surface area contributed by atoms with Crippen LogP contribution in [0.3, 0.4) is 0 Å². The molecule has 4 nitrogen and oxygen atoms in total. The van der Waals surface area contributed by atoms with Crippen LogP contribution in [0.15, 0.2) is 28.1 Å². The summed E-state index contributed by atoms with van der Waals surface area (Å²) in [4.78, 5) is 0. The Morgan fingerprint density at radius 1 is 1.53 bits per heavy atom. The molecular formula is C10H10BrFN4S. The van der Waals surface area contributed by atoms with E-state index in [2.05, 4.69) is 30.9 Å². The van der Waals surface area contributed by atoms with Crippen LogP contribution in [-0.2, 0) is 6.42 Å². The highest BCUT2D eigenvalue weighted by molar-refractivity contribution is 9.10. The van der Waals surface area contributed by atoms with E-state index in [1.165, 1.54) is 17.6 Å². The first-order chi connectivity index (χ1) is 8.20. The maximum atomic E-state index is 13.6. The predicted octanol–water partition coefficient (Wildman–Crippen LogP) is 2.19. The molecule has 7 heteroatoms. The van der Waals surface area contributed by atoms with Gasteiger partial charge in [0.25, 0.3) is 0 Å². The van der Waals surface area contributed by atoms with Crippen molar-refractivity contribution in [3.63, 3.8) is 0 Å². The van der Waals surface area contributed by atoms with Crippen LogP contribution in [-0.4, -0.2) is 9.59 Å². The fraction of sp³-hybridized carbons (Fsp3) is 0.200. The van der Waals surface area contributed by atoms with Crippen molar-refractivity contribution in [3.05, 3.63) is 45.1 Å². The molecule has 2 rings (SSSR count). The molecule has 1 aromatic heterocycles. The fourth-order valence-corrected chi connectivity index (χ4v) is 2.41. The van der Waals surface area contributed by atoms with Gasteiger partial charge in [-0.05, 0) is 41.7 Å². The van der Waals surface area contributed by atoms with E-state index < -0.39 is 0 Å². The third kappa shape index (κ3) is 3.06. The number of nitrogens with zero attached hydrogens (tertiary/aromatic N) is 2. The molecule has 90 valence electrons. The lowest BCUT2D eigenvalue weighted by Crippen LogP contribution is -2.30. The Bertz CT molecular complexity index is 491. The molecule has 1 heterocycles. The summed E-state index contributed by atoms with van der Waals surface area (Å²) in [6.07, 6.45) is 0.424. The van der Waals surface area contributed by atoms with Gasteiger partial charge >= 0.3 is 0 Å². The van der Waals surface area contributed by atoms with E-state index in [9.17, 15) is 4.39 Å². The minimum atomic E-state index is -0.253. The minimum Gasteiger partial charge on any atom is -0.271 e. The number of nitrogens with one attached hydrogen (secondary N) is 1. The third-order valence-corrected chi connectivity index (χ3v) is 3.38. The number of hydrogen-bond acceptors (Lipinski definition) is 5. The summed E-state index contributed by atoms with van der Waals surface area (Å²) in [6.45, 7) is 0. The van der Waals surface area contributed by atoms with Crippen LogP contribution in [0.5, 0.6) is 0 Å². The molecule has 0 aliphatic heterocycles. The smallest absolute Gasteiger partial charge is 0.126 e. The van der Waals surface area contributed by atoms with Gasteiger partial charge in [-0.1, -0.05) is 20.4 Å². The van der Waals surface area contributed by atoms with Gasteiger partial charge in [0.1, 0.15) is 5.82 Å². The summed E-state index contributed by atoms with van der Waals surface area (Å²) in [5, 5.41) is 5.72. The number of benzene rings is 1. The van der Waals surface area contributed by atoms with Gasteiger partial charge in [0.2, 0.25) is 0 Å². The summed E-state index contributed by atoms with van der Waals surface area (Å²) >= 11 is 4.55. The molecule has 0 amide bonds. The molecule has 2 aromatic rings. The normalized spacial score (nSPS) is 12.6. The van der Waals surface area contributed by atoms with Gasteiger partial charge in [-0.3, -0.25) is 11.3 Å². The largest absolute Gasteiger partial charge is 0.271 e. The lowest BCUT2D eigenvalue weighted by atomic mass is 10.0. The van der Waals surface area contributed by atoms with Gasteiger partial charge in [0, 0.05) is 9.85 Å². The van der Waals surface area contributed by atoms with Gasteiger partial charge in [0.15, 0.2) is 0 Å². The summed E-state index contributed by atoms with van der Waals surface area (Å²) < 4.78 is 18.2. The van der Waals surface area contributed by atoms with Crippen LogP contribution >= 0.6 is 27.5 Å². The summed E-state index contributed by atoms with van der Waals surface area (Å²) in [5.41, 5.74) is 3.92. The molecule has 0 aliphatic carbocycles. The van der Waals surface area contributed by atoms with E-state index in [-0.39, 0.29) is 11.9 Å². The molecule has 1 unspecified atom stereocenters. The van der Waals surface area contributed by atoms with E-state index in [0.29, 0.717) is 12.0 Å². The molecule has 3 N–H and O–H groups in total. The van der Waals surface area contributed by atoms with E-state index in [4.69, 9.17) is 5.84 Å². The number of hydrazine groups is 1. The van der Waals surface area contributed by atoms with Crippen LogP contribution in [0.1, 0.15) is 17.3 Å². The van der Waals surface area contributed by atoms with Crippen LogP contribution < -0.4 is 11.3 Å². The molecule has 0 bridgehead atoms. The Morgan fingerprint density at radius 3 is 3.00 bits per heavy atom. The van der Waals surface area contributed by atoms with Gasteiger partial charge in [0.05, 0.1) is 11.7 Å². The van der Waals surface area contributed by atoms with Crippen molar-refractivity contribution in [3.8, 4) is 0 Å². The molecule has 1 aromatic carbocycles. The highest BCUT2D eigenvalue weighted by Crippen LogP contribution is 2.21. The van der Waals surface area contributed by atoms with Crippen molar-refractivity contribution >= 4 is 27.5 Å². The Kier molecular flexibility index (Phi) is 4.16. The standard InChI is InChI=1S/C10H10BrFN4S/c11-7-1-2-8(12)6(3-7)4-9(14-13)10-5-17-16-15-10/h1-3,5,9,14H,4,13H2. The van der Waals surface area contributed by atoms with Crippen molar-refractivity contribution < 1.29 is 4.39 Å². The number of aromatic nitrogens is 2. The van der Waals surface area contributed by atoms with E-state index in [1.54, 1.807) is 17.5 Å². The zero-order valence-corrected chi connectivity index (χ0v) is 11.1. The Hall–Kier alpha value is -0.890. The SMILES string of the molecule is NNC(Cc1cc(Br)ccc1F)c1csnn1. The lowest BCUT2D eigenvalue weighted by molar-refractivity contribution is 0.518. The van der Waals surface area contributed by atoms with Crippen molar-refractivity contribution in [1.82, 2.24) is 15.0 Å². The zero-order chi connectivity index (χ0) is 12.3. The van der Waals surface area contributed by atoms with Crippen LogP contribution in [0.25, 0.3) is 0 Å². The lowest BCUT2D eigenvalue weighted by Gasteiger charge is -2.13. The first kappa shape index (κ1) is 12.6. The second-order valence-corrected chi connectivity index (χ2v) is 5.01. The molecular weight excluding hydrogens is 307 g/mol. The summed E-state index contributed by atoms with van der Waals surface area (Å²) in [5.74, 6) is 5.20. The third-order valence-electron chi connectivity index (χ3n) is 2.37. The first-order valence-electron chi connectivity index (χ1n) is 4.87. The van der Waals surface area contributed by atoms with Gasteiger partial charge in [-0.25, -0.2) is 4.39 Å². The Labute approximate surface area is 110 Å². The highest BCUT2D eigenvalue weighted by Gasteiger charge is 2.15. The van der Waals surface area contributed by atoms with Crippen molar-refractivity contribution in [2.45, 2.75) is 12.5 Å². The number of halogens is 2. The minimum absolute atomic E-state index is 0.238. The molecule has 0 saturated carbocycles. The van der Waals surface area contributed by atoms with Crippen LogP contribution in [0.2, 0.25) is 0 Å². The van der Waals surface area contributed by atoms with Gasteiger partial charge in [-0.15, -0.1) is 5.10 Å². The van der Waals surface area contributed by atoms with Crippen LogP contribution in [0, 0.1) is 5.82 Å². The topological polar surface area (TPSA) is 63.8 Å². The number of hydrogen-bond donors (Lipinski definition) is 2. The van der Waals surface area contributed by atoms with Crippen molar-refractivity contribution in [2.75, 3.05) is 0 Å². The number of rotatable bonds is 4. The molecule has 0 radical (unpaired) electrons. The summed E-state index contributed by atoms with van der Waals surface area (Å²) in [7, 11) is 0. The Balaban J connectivity index is 2.21. The fourth-order valence-electron chi connectivity index (χ4n) is 1.49. The highest BCUT2D eigenvalue weighted by atomic mass is 79.9. The van der Waals surface area contributed by atoms with E-state index in [1.807, 2.05) is 0 Å². The Morgan fingerprint density at radius 2 is 2.35 bits per heavy atom. The zero-order valence-electron chi connectivity index (χ0n) is 8.73. The van der Waals surface area contributed by atoms with Crippen molar-refractivity contribution in [2.24, 2.45) is 5.84 Å². The monoisotopic (exact) mass is 316 g/mol. The van der Waals surface area contributed by atoms with Crippen LogP contribution in [0.4, 0.5) is 4.39 Å². The van der Waals surface area contributed by atoms with E-state index >= 15 is 0 Å². The second-order valence-electron chi connectivity index (χ2n) is 3.49. The second kappa shape index (κ2) is 5.63. The summed E-state index contributed by atoms with van der Waals surface area (Å²) in [6, 6.07) is 4.58. The predicted molar refractivity (Wildman–Crippen MR) is 67.8 cm³/mol. The maximum Gasteiger partial charge on any atom is 0.126 e. The van der Waals surface area contributed by atoms with Gasteiger partial charge < -0.3 is 0 Å². The molecule has 0 spiro atoms. The first-order valence-corrected chi connectivity index (χ1v) is 6.50.